The summed E-state index contributed by atoms with van der Waals surface area (Å²) in [5, 5.41) is 0. The molecule has 4 rings (SSSR count). The number of carbonyl (C=O) groups is 2. The monoisotopic (exact) mass is 462 g/mol. The smallest absolute Gasteiger partial charge is 0.362 e. The maximum atomic E-state index is 13.1. The topological polar surface area (TPSA) is 52.6 Å². The molecule has 4 saturated carbocycles. The number of esters is 2. The van der Waals surface area contributed by atoms with E-state index in [2.05, 4.69) is 55.4 Å². The minimum Gasteiger partial charge on any atom is -0.458 e. The second-order valence-electron chi connectivity index (χ2n) is 13.5. The number of hydrogen-bond acceptors (Lipinski definition) is 4. The van der Waals surface area contributed by atoms with Crippen LogP contribution in [0.1, 0.15) is 93.9 Å². The molecule has 4 bridgehead atoms. The van der Waals surface area contributed by atoms with Crippen molar-refractivity contribution in [3.8, 4) is 0 Å². The summed E-state index contributed by atoms with van der Waals surface area (Å²) in [6.45, 7) is 20.0. The van der Waals surface area contributed by atoms with Crippen molar-refractivity contribution in [2.24, 2.45) is 33.5 Å². The quantitative estimate of drug-likeness (QED) is 0.360. The number of nitrogens with zero attached hydrogens (tertiary/aromatic N) is 1. The molecule has 0 amide bonds. The Labute approximate surface area is 201 Å². The van der Waals surface area contributed by atoms with E-state index >= 15 is 0 Å². The number of rotatable bonds is 8. The Morgan fingerprint density at radius 1 is 0.727 bits per heavy atom. The second kappa shape index (κ2) is 7.96. The van der Waals surface area contributed by atoms with Crippen LogP contribution < -0.4 is 0 Å². The molecule has 0 aromatic heterocycles. The molecular formula is C28H48NO4+. The van der Waals surface area contributed by atoms with Crippen molar-refractivity contribution in [1.29, 1.82) is 0 Å². The van der Waals surface area contributed by atoms with E-state index in [-0.39, 0.29) is 58.9 Å². The lowest BCUT2D eigenvalue weighted by molar-refractivity contribution is -0.911. The van der Waals surface area contributed by atoms with Crippen LogP contribution >= 0.6 is 0 Å². The van der Waals surface area contributed by atoms with Crippen molar-refractivity contribution in [2.45, 2.75) is 106 Å². The molecule has 5 heteroatoms. The highest BCUT2D eigenvalue weighted by Gasteiger charge is 2.64. The fraction of sp³-hybridized carbons (Fsp3) is 0.929. The van der Waals surface area contributed by atoms with Crippen LogP contribution in [-0.4, -0.2) is 54.8 Å². The van der Waals surface area contributed by atoms with E-state index in [4.69, 9.17) is 9.47 Å². The van der Waals surface area contributed by atoms with E-state index in [0.29, 0.717) is 29.4 Å². The van der Waals surface area contributed by atoms with Gasteiger partial charge in [0, 0.05) is 10.8 Å². The average molecular weight is 463 g/mol. The zero-order valence-corrected chi connectivity index (χ0v) is 22.5. The van der Waals surface area contributed by atoms with Gasteiger partial charge in [0.15, 0.2) is 13.1 Å². The van der Waals surface area contributed by atoms with Crippen molar-refractivity contribution in [1.82, 2.24) is 0 Å². The summed E-state index contributed by atoms with van der Waals surface area (Å²) in [4.78, 5) is 26.3. The molecule has 6 unspecified atom stereocenters. The van der Waals surface area contributed by atoms with Crippen molar-refractivity contribution in [3.63, 3.8) is 0 Å². The third kappa shape index (κ3) is 3.58. The molecule has 4 aliphatic carbocycles. The van der Waals surface area contributed by atoms with Crippen LogP contribution in [0.3, 0.4) is 0 Å². The Balaban J connectivity index is 1.38. The largest absolute Gasteiger partial charge is 0.458 e. The lowest BCUT2D eigenvalue weighted by atomic mass is 9.70. The predicted octanol–water partition coefficient (Wildman–Crippen LogP) is 5.36. The second-order valence-corrected chi connectivity index (χ2v) is 13.5. The van der Waals surface area contributed by atoms with Crippen LogP contribution in [0.2, 0.25) is 0 Å². The maximum Gasteiger partial charge on any atom is 0.362 e. The lowest BCUT2D eigenvalue weighted by Gasteiger charge is -2.40. The number of likely N-dealkylation sites (N-methyl/N-ethyl adjacent to an activating group) is 1. The third-order valence-corrected chi connectivity index (χ3v) is 12.2. The van der Waals surface area contributed by atoms with Gasteiger partial charge in [-0.2, -0.15) is 0 Å². The van der Waals surface area contributed by atoms with Crippen LogP contribution in [0, 0.1) is 33.5 Å². The first kappa shape index (κ1) is 25.0. The molecule has 0 saturated heterocycles. The van der Waals surface area contributed by atoms with Crippen LogP contribution in [0.5, 0.6) is 0 Å². The van der Waals surface area contributed by atoms with Crippen molar-refractivity contribution < 1.29 is 23.5 Å². The van der Waals surface area contributed by atoms with Crippen molar-refractivity contribution in [3.05, 3.63) is 0 Å². The van der Waals surface area contributed by atoms with Gasteiger partial charge in [-0.3, -0.25) is 0 Å². The highest BCUT2D eigenvalue weighted by atomic mass is 16.6. The van der Waals surface area contributed by atoms with E-state index in [0.717, 1.165) is 25.7 Å². The number of carbonyl (C=O) groups excluding carboxylic acids is 2. The normalized spacial score (nSPS) is 40.2. The van der Waals surface area contributed by atoms with Gasteiger partial charge >= 0.3 is 11.9 Å². The first-order valence-corrected chi connectivity index (χ1v) is 13.5. The van der Waals surface area contributed by atoms with Gasteiger partial charge in [0.05, 0.1) is 13.1 Å². The Kier molecular flexibility index (Phi) is 6.03. The summed E-state index contributed by atoms with van der Waals surface area (Å²) in [5.74, 6) is 0.960. The summed E-state index contributed by atoms with van der Waals surface area (Å²) < 4.78 is 12.7. The summed E-state index contributed by atoms with van der Waals surface area (Å²) >= 11 is 0. The van der Waals surface area contributed by atoms with E-state index in [9.17, 15) is 9.59 Å². The third-order valence-electron chi connectivity index (χ3n) is 12.2. The number of quaternary nitrogens is 1. The van der Waals surface area contributed by atoms with E-state index in [1.54, 1.807) is 0 Å². The van der Waals surface area contributed by atoms with Gasteiger partial charge in [0.2, 0.25) is 0 Å². The Morgan fingerprint density at radius 2 is 1.09 bits per heavy atom. The van der Waals surface area contributed by atoms with Gasteiger partial charge in [-0.05, 0) is 75.0 Å². The first-order valence-electron chi connectivity index (χ1n) is 13.5. The van der Waals surface area contributed by atoms with Gasteiger partial charge in [0.1, 0.15) is 12.2 Å². The molecule has 4 fully saturated rings. The van der Waals surface area contributed by atoms with Gasteiger partial charge in [0.25, 0.3) is 0 Å². The molecule has 188 valence electrons. The zero-order chi connectivity index (χ0) is 24.4. The van der Waals surface area contributed by atoms with E-state index < -0.39 is 0 Å². The standard InChI is InChI=1S/C28H48NO4/c1-9-29(10-2,17-23(30)32-21-15-19-11-13-27(21,7)25(19,3)4)18-24(31)33-22-16-20-12-14-28(22,8)26(20,5)6/h19-22H,9-18H2,1-8H3/q+1. The van der Waals surface area contributed by atoms with Gasteiger partial charge in [-0.15, -0.1) is 0 Å². The molecule has 5 nitrogen and oxygen atoms in total. The van der Waals surface area contributed by atoms with Crippen LogP contribution in [-0.2, 0) is 19.1 Å². The molecular weight excluding hydrogens is 414 g/mol. The molecule has 0 N–H and O–H groups in total. The number of fused-ring (bicyclic) bond motifs is 4. The minimum absolute atomic E-state index is 0.00228. The maximum absolute atomic E-state index is 13.1. The highest BCUT2D eigenvalue weighted by Crippen LogP contribution is 2.67. The fourth-order valence-corrected chi connectivity index (χ4v) is 8.28. The molecule has 0 aromatic carbocycles. The molecule has 6 atom stereocenters. The molecule has 4 aliphatic rings. The Hall–Kier alpha value is -1.10. The molecule has 0 aromatic rings. The fourth-order valence-electron chi connectivity index (χ4n) is 8.28. The summed E-state index contributed by atoms with van der Waals surface area (Å²) in [7, 11) is 0. The summed E-state index contributed by atoms with van der Waals surface area (Å²) in [6, 6.07) is 0. The van der Waals surface area contributed by atoms with Crippen molar-refractivity contribution in [2.75, 3.05) is 26.2 Å². The SMILES string of the molecule is CC[N+](CC)(CC(=O)OC1CC2CCC1(C)C2(C)C)CC(=O)OC1CC2CCC1(C)C2(C)C. The van der Waals surface area contributed by atoms with Gasteiger partial charge < -0.3 is 14.0 Å². The zero-order valence-electron chi connectivity index (χ0n) is 22.5. The predicted molar refractivity (Wildman–Crippen MR) is 129 cm³/mol. The van der Waals surface area contributed by atoms with E-state index in [1.165, 1.54) is 12.8 Å². The summed E-state index contributed by atoms with van der Waals surface area (Å²) in [5.41, 5.74) is 0.552. The molecule has 0 spiro atoms. The highest BCUT2D eigenvalue weighted by molar-refractivity contribution is 5.73. The molecule has 0 aliphatic heterocycles. The number of hydrogen-bond donors (Lipinski definition) is 0. The van der Waals surface area contributed by atoms with Crippen LogP contribution in [0.4, 0.5) is 0 Å². The minimum atomic E-state index is -0.158. The average Bonchev–Trinajstić information content (AvgIpc) is 3.25. The lowest BCUT2D eigenvalue weighted by Crippen LogP contribution is -2.55. The van der Waals surface area contributed by atoms with Crippen molar-refractivity contribution >= 4 is 11.9 Å². The molecule has 0 radical (unpaired) electrons. The van der Waals surface area contributed by atoms with Crippen LogP contribution in [0.15, 0.2) is 0 Å². The molecule has 0 heterocycles. The first-order chi connectivity index (χ1) is 15.2. The Bertz CT molecular complexity index is 738. The summed E-state index contributed by atoms with van der Waals surface area (Å²) in [6.07, 6.45) is 6.70. The molecule has 33 heavy (non-hydrogen) atoms. The van der Waals surface area contributed by atoms with Crippen LogP contribution in [0.25, 0.3) is 0 Å². The number of ether oxygens (including phenoxy) is 2. The Morgan fingerprint density at radius 3 is 1.33 bits per heavy atom. The van der Waals surface area contributed by atoms with Gasteiger partial charge in [-0.25, -0.2) is 9.59 Å². The van der Waals surface area contributed by atoms with Gasteiger partial charge in [-0.1, -0.05) is 41.5 Å². The van der Waals surface area contributed by atoms with E-state index in [1.807, 2.05) is 0 Å².